The van der Waals surface area contributed by atoms with Crippen LogP contribution in [0.1, 0.15) is 144 Å². The Morgan fingerprint density at radius 3 is 1.60 bits per heavy atom. The molecule has 4 fully saturated rings. The number of aromatic nitrogens is 8. The zero-order valence-electron chi connectivity index (χ0n) is 55.0. The predicted octanol–water partition coefficient (Wildman–Crippen LogP) is 11.1. The molecule has 7 aromatic rings. The van der Waals surface area contributed by atoms with Crippen LogP contribution >= 0.6 is 0 Å². The van der Waals surface area contributed by atoms with Gasteiger partial charge in [-0.3, -0.25) is 14.4 Å². The minimum Gasteiger partial charge on any atom is -0.489 e. The van der Waals surface area contributed by atoms with Crippen LogP contribution in [0.25, 0.3) is 11.6 Å². The van der Waals surface area contributed by atoms with Gasteiger partial charge in [0.15, 0.2) is 27.1 Å². The van der Waals surface area contributed by atoms with Gasteiger partial charge in [0.05, 0.1) is 35.2 Å². The number of ether oxygens (including phenoxy) is 3. The van der Waals surface area contributed by atoms with Gasteiger partial charge in [0, 0.05) is 86.0 Å². The number of hydrogen-bond donors (Lipinski definition) is 5. The average Bonchev–Trinajstić information content (AvgIpc) is 1.65. The number of carbonyl (C=O) groups is 2. The van der Waals surface area contributed by atoms with E-state index in [1.54, 1.807) is 36.7 Å². The lowest BCUT2D eigenvalue weighted by atomic mass is 9.93. The third-order valence-corrected chi connectivity index (χ3v) is 21.8. The molecule has 32 heteroatoms. The molecule has 0 spiro atoms. The van der Waals surface area contributed by atoms with E-state index >= 15 is 0 Å². The van der Waals surface area contributed by atoms with Crippen molar-refractivity contribution in [2.45, 2.75) is 158 Å². The second-order valence-electron chi connectivity index (χ2n) is 27.6. The number of rotatable bonds is 15. The highest BCUT2D eigenvalue weighted by Gasteiger charge is 2.63. The predicted molar refractivity (Wildman–Crippen MR) is 354 cm³/mol. The first-order valence-corrected chi connectivity index (χ1v) is 36.0. The smallest absolute Gasteiger partial charge is 0.394 e. The molecule has 0 unspecified atom stereocenters. The Balaban J connectivity index is 0.000000190. The van der Waals surface area contributed by atoms with Crippen molar-refractivity contribution >= 4 is 55.1 Å². The molecule has 5 N–H and O–H groups in total. The first-order valence-electron chi connectivity index (χ1n) is 33.0. The van der Waals surface area contributed by atoms with Crippen molar-refractivity contribution in [3.8, 4) is 29.1 Å². The summed E-state index contributed by atoms with van der Waals surface area (Å²) in [5, 5.41) is 14.3. The molecular formula is C67H78F6N14O10S2. The number of sulfonamides is 2. The molecule has 2 saturated carbocycles. The van der Waals surface area contributed by atoms with E-state index in [-0.39, 0.29) is 128 Å². The van der Waals surface area contributed by atoms with Crippen molar-refractivity contribution in [2.24, 2.45) is 22.7 Å². The largest absolute Gasteiger partial charge is 0.489 e. The minimum atomic E-state index is -4.48. The number of anilines is 4. The van der Waals surface area contributed by atoms with Gasteiger partial charge >= 0.3 is 12.4 Å². The molecule has 2 atom stereocenters. The Morgan fingerprint density at radius 1 is 0.586 bits per heavy atom. The van der Waals surface area contributed by atoms with Gasteiger partial charge in [0.1, 0.15) is 35.6 Å². The number of amides is 2. The Labute approximate surface area is 568 Å². The molecule has 6 aromatic heterocycles. The molecule has 0 radical (unpaired) electrons. The first kappa shape index (κ1) is 69.9. The van der Waals surface area contributed by atoms with Gasteiger partial charge in [-0.1, -0.05) is 30.3 Å². The molecule has 99 heavy (non-hydrogen) atoms. The summed E-state index contributed by atoms with van der Waals surface area (Å²) < 4.78 is 158. The van der Waals surface area contributed by atoms with Crippen LogP contribution in [-0.2, 0) is 26.7 Å². The number of halogens is 6. The van der Waals surface area contributed by atoms with Gasteiger partial charge in [-0.2, -0.15) is 43.2 Å². The number of hydrogen-bond acceptors (Lipinski definition) is 19. The van der Waals surface area contributed by atoms with Crippen LogP contribution in [0.4, 0.5) is 49.6 Å². The molecule has 2 saturated heterocycles. The summed E-state index contributed by atoms with van der Waals surface area (Å²) >= 11 is 0. The second-order valence-corrected chi connectivity index (χ2v) is 30.9. The van der Waals surface area contributed by atoms with Crippen molar-refractivity contribution in [3.05, 3.63) is 130 Å². The van der Waals surface area contributed by atoms with Crippen LogP contribution in [0.3, 0.4) is 0 Å². The Bertz CT molecular complexity index is 4430. The van der Waals surface area contributed by atoms with Gasteiger partial charge in [0.25, 0.3) is 31.9 Å². The lowest BCUT2D eigenvalue weighted by molar-refractivity contribution is -0.190. The topological polar surface area (TPSA) is 292 Å². The summed E-state index contributed by atoms with van der Waals surface area (Å²) in [6.07, 6.45) is 0.786. The van der Waals surface area contributed by atoms with Crippen LogP contribution in [0.15, 0.2) is 118 Å². The fourth-order valence-corrected chi connectivity index (χ4v) is 15.6. The summed E-state index contributed by atoms with van der Waals surface area (Å²) in [7, 11) is -8.93. The maximum Gasteiger partial charge on any atom is 0.394 e. The number of H-pyrrole nitrogens is 1. The lowest BCUT2D eigenvalue weighted by Crippen LogP contribution is -2.41. The monoisotopic (exact) mass is 1420 g/mol. The number of fused-ring (bicyclic) bond motifs is 12. The van der Waals surface area contributed by atoms with Crippen molar-refractivity contribution in [2.75, 3.05) is 59.8 Å². The van der Waals surface area contributed by atoms with Crippen LogP contribution in [0, 0.1) is 22.7 Å². The van der Waals surface area contributed by atoms with Gasteiger partial charge < -0.3 is 39.6 Å². The van der Waals surface area contributed by atoms with Crippen LogP contribution < -0.4 is 49.5 Å². The number of carbonyl (C=O) groups excluding carboxylic acids is 2. The molecular weight excluding hydrogens is 1340 g/mol. The lowest BCUT2D eigenvalue weighted by Gasteiger charge is -2.34. The molecule has 530 valence electrons. The van der Waals surface area contributed by atoms with Crippen LogP contribution in [0.2, 0.25) is 0 Å². The summed E-state index contributed by atoms with van der Waals surface area (Å²) in [6, 6.07) is 23.8. The molecule has 2 amide bonds. The zero-order valence-corrected chi connectivity index (χ0v) is 56.6. The van der Waals surface area contributed by atoms with Crippen LogP contribution in [-0.4, -0.2) is 131 Å². The number of benzene rings is 1. The number of aromatic amines is 1. The van der Waals surface area contributed by atoms with E-state index < -0.39 is 76.6 Å². The van der Waals surface area contributed by atoms with E-state index in [0.717, 1.165) is 50.2 Å². The summed E-state index contributed by atoms with van der Waals surface area (Å²) in [6.45, 7) is 10.8. The SMILES string of the molecule is CC1(C)C[C@@H]2CCCNc3cc(=O)cc([nH]3)S(=O)(=O)NC(=O)c3ccc(-n4ccc(OCCCC5(C(F)(F)F)CC5)n4)nc3N1C2.CC1(C)C[C@@H]2CCCNc3cc(OCc4ccccc4)cc(n3)S(=O)(=O)NC(=O)c3ccc(-n4ccc(OCCCC5(C(F)(F)F)CC5)n4)nc3N1C2. The van der Waals surface area contributed by atoms with Gasteiger partial charge in [0.2, 0.25) is 11.8 Å². The number of nitrogens with zero attached hydrogens (tertiary/aromatic N) is 9. The fraction of sp³-hybridized carbons (Fsp3) is 0.493. The van der Waals surface area contributed by atoms with E-state index in [4.69, 9.17) is 24.2 Å². The molecule has 10 heterocycles. The Hall–Kier alpha value is -8.94. The molecule has 6 aliphatic rings. The first-order chi connectivity index (χ1) is 46.9. The molecule has 1 aromatic carbocycles. The van der Waals surface area contributed by atoms with E-state index in [2.05, 4.69) is 54.1 Å². The quantitative estimate of drug-likeness (QED) is 0.0471. The van der Waals surface area contributed by atoms with Crippen molar-refractivity contribution in [1.82, 2.24) is 48.9 Å². The molecule has 13 rings (SSSR count). The molecule has 8 bridgehead atoms. The van der Waals surface area contributed by atoms with Crippen molar-refractivity contribution in [1.29, 1.82) is 0 Å². The number of pyridine rings is 4. The normalized spacial score (nSPS) is 20.9. The van der Waals surface area contributed by atoms with Gasteiger partial charge in [-0.15, -0.1) is 10.2 Å². The molecule has 4 aliphatic heterocycles. The maximum atomic E-state index is 13.9. The highest BCUT2D eigenvalue weighted by Crippen LogP contribution is 2.61. The highest BCUT2D eigenvalue weighted by atomic mass is 32.2. The van der Waals surface area contributed by atoms with Crippen molar-refractivity contribution < 1.29 is 67.0 Å². The average molecular weight is 1420 g/mol. The minimum absolute atomic E-state index is 0.00597. The van der Waals surface area contributed by atoms with E-state index in [0.29, 0.717) is 49.5 Å². The van der Waals surface area contributed by atoms with Crippen molar-refractivity contribution in [3.63, 3.8) is 0 Å². The Kier molecular flexibility index (Phi) is 19.3. The summed E-state index contributed by atoms with van der Waals surface area (Å²) in [5.41, 5.74) is -3.56. The van der Waals surface area contributed by atoms with Crippen LogP contribution in [0.5, 0.6) is 17.5 Å². The Morgan fingerprint density at radius 2 is 1.09 bits per heavy atom. The summed E-state index contributed by atoms with van der Waals surface area (Å²) in [5.74, 6) is 1.24. The molecule has 2 aliphatic carbocycles. The van der Waals surface area contributed by atoms with E-state index in [9.17, 15) is 57.6 Å². The zero-order chi connectivity index (χ0) is 70.3. The third kappa shape index (κ3) is 15.9. The van der Waals surface area contributed by atoms with E-state index in [1.165, 1.54) is 39.7 Å². The number of nitrogens with one attached hydrogen (secondary N) is 5. The molecule has 24 nitrogen and oxygen atoms in total. The highest BCUT2D eigenvalue weighted by molar-refractivity contribution is 7.90. The van der Waals surface area contributed by atoms with Gasteiger partial charge in [-0.25, -0.2) is 33.8 Å². The summed E-state index contributed by atoms with van der Waals surface area (Å²) in [4.78, 5) is 60.5. The second kappa shape index (κ2) is 27.3. The van der Waals surface area contributed by atoms with E-state index in [1.807, 2.05) is 54.0 Å². The number of alkyl halides is 6. The standard InChI is InChI=1S/C37H42F3N7O5S.C30H36F3N7O5S/c1-35(2)22-26-10-6-17-41-29-20-27(52-24-25-8-4-3-5-9-25)21-32(42-29)53(49,50)45-34(48)28-11-12-30(43-33(28)46(35)23-26)47-18-13-31(44-47)51-19-7-14-36(15-16-36)37(38,39)40;1-28(2)17-19-5-3-12-34-22-15-20(41)16-25(35-22)46(43,44)38-27(42)21-6-7-23(36-26(21)39(28)18-19)40-13-8-24(37-40)45-14-4-9-29(10-11-29)30(31,32)33/h3-5,8-9,11-13,18,20-21,26H,6-7,10,14-17,19,22-24H2,1-2H3,(H,41,42)(H,45,48);6-8,13,15-16,19H,3-5,9-12,14,17-18H2,1-2H3,(H,38,42)(H2,34,35,41)/t26-;19-/m00/s1. The fourth-order valence-electron chi connectivity index (χ4n) is 13.6. The van der Waals surface area contributed by atoms with Gasteiger partial charge in [-0.05, 0) is 159 Å². The maximum absolute atomic E-state index is 13.9. The third-order valence-electron chi connectivity index (χ3n) is 19.3.